The predicted molar refractivity (Wildman–Crippen MR) is 63.2 cm³/mol. The molecule has 1 amide bonds. The Balaban J connectivity index is 2.76. The van der Waals surface area contributed by atoms with Crippen LogP contribution in [-0.2, 0) is 9.53 Å². The van der Waals surface area contributed by atoms with Gasteiger partial charge >= 0.3 is 0 Å². The van der Waals surface area contributed by atoms with E-state index in [1.54, 1.807) is 0 Å². The van der Waals surface area contributed by atoms with Crippen LogP contribution < -0.4 is 16.6 Å². The Morgan fingerprint density at radius 1 is 1.75 bits per heavy atom. The van der Waals surface area contributed by atoms with Crippen LogP contribution in [0.1, 0.15) is 0 Å². The smallest absolute Gasteiger partial charge is 0.271 e. The van der Waals surface area contributed by atoms with Gasteiger partial charge < -0.3 is 20.8 Å². The number of rotatable bonds is 4. The zero-order valence-electron chi connectivity index (χ0n) is 8.62. The number of hydrogen-bond donors (Lipinski definition) is 3. The third-order valence-corrected chi connectivity index (χ3v) is 2.27. The van der Waals surface area contributed by atoms with Crippen LogP contribution in [0.2, 0.25) is 0 Å². The normalized spacial score (nSPS) is 12.2. The summed E-state index contributed by atoms with van der Waals surface area (Å²) in [6.45, 7) is 0.0950. The summed E-state index contributed by atoms with van der Waals surface area (Å²) in [5, 5.41) is 2.42. The molecule has 0 aliphatic heterocycles. The Hall–Kier alpha value is -1.18. The van der Waals surface area contributed by atoms with Gasteiger partial charge in [0.1, 0.15) is 11.7 Å². The summed E-state index contributed by atoms with van der Waals surface area (Å²) in [5.74, 6) is -0.467. The second kappa shape index (κ2) is 5.78. The number of aromatic amines is 1. The van der Waals surface area contributed by atoms with Crippen LogP contribution in [0.25, 0.3) is 0 Å². The molecule has 7 heteroatoms. The average Bonchev–Trinajstić information content (AvgIpc) is 2.23. The highest BCUT2D eigenvalue weighted by Gasteiger charge is 2.14. The molecule has 1 atom stereocenters. The minimum absolute atomic E-state index is 0.0950. The van der Waals surface area contributed by atoms with Crippen molar-refractivity contribution in [2.45, 2.75) is 6.04 Å². The number of pyridine rings is 1. The molecule has 1 heterocycles. The Labute approximate surface area is 100 Å². The van der Waals surface area contributed by atoms with Crippen molar-refractivity contribution in [3.63, 3.8) is 0 Å². The number of aromatic nitrogens is 1. The molecule has 1 rings (SSSR count). The summed E-state index contributed by atoms with van der Waals surface area (Å²) in [5.41, 5.74) is 5.26. The third kappa shape index (κ3) is 3.44. The highest BCUT2D eigenvalue weighted by Crippen LogP contribution is 2.10. The summed E-state index contributed by atoms with van der Waals surface area (Å²) in [4.78, 5) is 25.3. The first kappa shape index (κ1) is 12.9. The van der Waals surface area contributed by atoms with Crippen LogP contribution in [0.15, 0.2) is 21.5 Å². The molecule has 1 aromatic heterocycles. The first-order valence-corrected chi connectivity index (χ1v) is 5.27. The van der Waals surface area contributed by atoms with Crippen LogP contribution in [0.4, 0.5) is 5.69 Å². The van der Waals surface area contributed by atoms with E-state index in [-0.39, 0.29) is 17.9 Å². The van der Waals surface area contributed by atoms with Crippen molar-refractivity contribution in [2.75, 3.05) is 19.0 Å². The van der Waals surface area contributed by atoms with Gasteiger partial charge in [0.2, 0.25) is 5.91 Å². The summed E-state index contributed by atoms with van der Waals surface area (Å²) < 4.78 is 5.39. The van der Waals surface area contributed by atoms with Crippen molar-refractivity contribution in [1.82, 2.24) is 4.98 Å². The SMILES string of the molecule is COCC(N)C(=O)Nc1cc(Br)c[nH]c1=O. The predicted octanol–water partition coefficient (Wildman–Crippen LogP) is 0.0496. The van der Waals surface area contributed by atoms with Gasteiger partial charge in [-0.15, -0.1) is 0 Å². The maximum absolute atomic E-state index is 11.5. The Morgan fingerprint density at radius 2 is 2.44 bits per heavy atom. The fourth-order valence-electron chi connectivity index (χ4n) is 1.03. The second-order valence-electron chi connectivity index (χ2n) is 3.11. The van der Waals surface area contributed by atoms with Crippen LogP contribution in [0.5, 0.6) is 0 Å². The molecule has 0 saturated carbocycles. The highest BCUT2D eigenvalue weighted by molar-refractivity contribution is 9.10. The molecule has 1 aromatic rings. The molecule has 4 N–H and O–H groups in total. The van der Waals surface area contributed by atoms with E-state index >= 15 is 0 Å². The van der Waals surface area contributed by atoms with Gasteiger partial charge in [0.05, 0.1) is 6.61 Å². The lowest BCUT2D eigenvalue weighted by molar-refractivity contribution is -0.118. The van der Waals surface area contributed by atoms with E-state index in [0.717, 1.165) is 0 Å². The lowest BCUT2D eigenvalue weighted by Gasteiger charge is -2.10. The zero-order chi connectivity index (χ0) is 12.1. The quantitative estimate of drug-likeness (QED) is 0.730. The summed E-state index contributed by atoms with van der Waals surface area (Å²) in [7, 11) is 1.44. The Kier molecular flexibility index (Phi) is 4.66. The number of anilines is 1. The first-order chi connectivity index (χ1) is 7.54. The van der Waals surface area contributed by atoms with Crippen LogP contribution in [-0.4, -0.2) is 30.6 Å². The molecule has 0 aliphatic carbocycles. The van der Waals surface area contributed by atoms with Gasteiger partial charge in [-0.2, -0.15) is 0 Å². The summed E-state index contributed by atoms with van der Waals surface area (Å²) >= 11 is 3.18. The molecule has 0 spiro atoms. The molecule has 0 radical (unpaired) electrons. The standard InChI is InChI=1S/C9H12BrN3O3/c1-16-4-6(11)8(14)13-7-2-5(10)3-12-9(7)15/h2-3,6H,4,11H2,1H3,(H,12,15)(H,13,14). The molecule has 1 unspecified atom stereocenters. The fourth-order valence-corrected chi connectivity index (χ4v) is 1.37. The number of amides is 1. The number of methoxy groups -OCH3 is 1. The second-order valence-corrected chi connectivity index (χ2v) is 4.03. The molecule has 0 fully saturated rings. The number of nitrogens with two attached hydrogens (primary N) is 1. The minimum Gasteiger partial charge on any atom is -0.383 e. The van der Waals surface area contributed by atoms with E-state index in [1.165, 1.54) is 19.4 Å². The van der Waals surface area contributed by atoms with Gasteiger partial charge in [-0.1, -0.05) is 0 Å². The van der Waals surface area contributed by atoms with Crippen LogP contribution in [0.3, 0.4) is 0 Å². The first-order valence-electron chi connectivity index (χ1n) is 4.48. The van der Waals surface area contributed by atoms with Crippen LogP contribution >= 0.6 is 15.9 Å². The number of hydrogen-bond acceptors (Lipinski definition) is 4. The zero-order valence-corrected chi connectivity index (χ0v) is 10.2. The lowest BCUT2D eigenvalue weighted by Crippen LogP contribution is -2.40. The maximum Gasteiger partial charge on any atom is 0.271 e. The summed E-state index contributed by atoms with van der Waals surface area (Å²) in [6, 6.07) is 0.694. The van der Waals surface area contributed by atoms with Crippen molar-refractivity contribution in [3.05, 3.63) is 27.1 Å². The number of halogens is 1. The number of carbonyl (C=O) groups is 1. The van der Waals surface area contributed by atoms with E-state index < -0.39 is 11.9 Å². The van der Waals surface area contributed by atoms with Gasteiger partial charge in [0.15, 0.2) is 0 Å². The molecule has 6 nitrogen and oxygen atoms in total. The number of nitrogens with one attached hydrogen (secondary N) is 2. The van der Waals surface area contributed by atoms with Crippen molar-refractivity contribution in [2.24, 2.45) is 5.73 Å². The average molecular weight is 290 g/mol. The van der Waals surface area contributed by atoms with Gasteiger partial charge in [-0.05, 0) is 22.0 Å². The molecule has 0 saturated heterocycles. The van der Waals surface area contributed by atoms with E-state index in [0.29, 0.717) is 4.47 Å². The number of ether oxygens (including phenoxy) is 1. The molecule has 0 bridgehead atoms. The van der Waals surface area contributed by atoms with Crippen molar-refractivity contribution < 1.29 is 9.53 Å². The van der Waals surface area contributed by atoms with E-state index in [1.807, 2.05) is 0 Å². The van der Waals surface area contributed by atoms with Gasteiger partial charge in [-0.25, -0.2) is 0 Å². The fraction of sp³-hybridized carbons (Fsp3) is 0.333. The number of H-pyrrole nitrogens is 1. The highest BCUT2D eigenvalue weighted by atomic mass is 79.9. The van der Waals surface area contributed by atoms with Crippen molar-refractivity contribution in [3.8, 4) is 0 Å². The molecule has 0 aromatic carbocycles. The number of carbonyl (C=O) groups excluding carboxylic acids is 1. The maximum atomic E-state index is 11.5. The molecular weight excluding hydrogens is 278 g/mol. The lowest BCUT2D eigenvalue weighted by atomic mass is 10.3. The van der Waals surface area contributed by atoms with Crippen LogP contribution in [0, 0.1) is 0 Å². The van der Waals surface area contributed by atoms with Gasteiger partial charge in [0, 0.05) is 17.8 Å². The molecule has 88 valence electrons. The Morgan fingerprint density at radius 3 is 3.06 bits per heavy atom. The van der Waals surface area contributed by atoms with Gasteiger partial charge in [-0.3, -0.25) is 9.59 Å². The monoisotopic (exact) mass is 289 g/mol. The molecule has 0 aliphatic rings. The molecular formula is C9H12BrN3O3. The van der Waals surface area contributed by atoms with Crippen molar-refractivity contribution in [1.29, 1.82) is 0 Å². The van der Waals surface area contributed by atoms with E-state index in [9.17, 15) is 9.59 Å². The van der Waals surface area contributed by atoms with Crippen molar-refractivity contribution >= 4 is 27.5 Å². The third-order valence-electron chi connectivity index (χ3n) is 1.81. The Bertz CT molecular complexity index is 432. The largest absolute Gasteiger partial charge is 0.383 e. The topological polar surface area (TPSA) is 97.2 Å². The van der Waals surface area contributed by atoms with E-state index in [4.69, 9.17) is 10.5 Å². The minimum atomic E-state index is -0.802. The summed E-state index contributed by atoms with van der Waals surface area (Å²) in [6.07, 6.45) is 1.48. The molecule has 16 heavy (non-hydrogen) atoms. The van der Waals surface area contributed by atoms with Gasteiger partial charge in [0.25, 0.3) is 5.56 Å². The van der Waals surface area contributed by atoms with E-state index in [2.05, 4.69) is 26.2 Å².